The van der Waals surface area contributed by atoms with Crippen molar-refractivity contribution in [2.24, 2.45) is 5.92 Å². The molecule has 9 heteroatoms. The normalized spacial score (nSPS) is 20.3. The molecule has 1 amide bonds. The van der Waals surface area contributed by atoms with E-state index in [4.69, 9.17) is 0 Å². The summed E-state index contributed by atoms with van der Waals surface area (Å²) in [6.07, 6.45) is 0.958. The van der Waals surface area contributed by atoms with Crippen LogP contribution in [0, 0.1) is 11.7 Å². The number of benzene rings is 1. The number of nitrogens with one attached hydrogen (secondary N) is 3. The van der Waals surface area contributed by atoms with E-state index in [1.54, 1.807) is 0 Å². The van der Waals surface area contributed by atoms with Crippen LogP contribution >= 0.6 is 24.8 Å². The number of rotatable bonds is 3. The number of hydrogen-bond donors (Lipinski definition) is 4. The highest BCUT2D eigenvalue weighted by Gasteiger charge is 2.25. The summed E-state index contributed by atoms with van der Waals surface area (Å²) >= 11 is 0. The van der Waals surface area contributed by atoms with E-state index in [2.05, 4.69) is 20.6 Å². The van der Waals surface area contributed by atoms with Gasteiger partial charge in [0.2, 0.25) is 0 Å². The number of hydrogen-bond acceptors (Lipinski definition) is 4. The van der Waals surface area contributed by atoms with E-state index < -0.39 is 11.9 Å². The second kappa shape index (κ2) is 7.73. The monoisotopic (exact) mass is 350 g/mol. The maximum absolute atomic E-state index is 13.5. The number of halogens is 3. The van der Waals surface area contributed by atoms with Crippen molar-refractivity contribution in [3.63, 3.8) is 0 Å². The van der Waals surface area contributed by atoms with Crippen molar-refractivity contribution in [3.05, 3.63) is 29.8 Å². The fourth-order valence-corrected chi connectivity index (χ4v) is 2.43. The van der Waals surface area contributed by atoms with Crippen LogP contribution in [0.2, 0.25) is 0 Å². The highest BCUT2D eigenvalue weighted by Crippen LogP contribution is 2.17. The van der Waals surface area contributed by atoms with Crippen molar-refractivity contribution in [2.75, 3.05) is 19.6 Å². The van der Waals surface area contributed by atoms with Gasteiger partial charge in [-0.25, -0.2) is 9.37 Å². The predicted octanol–water partition coefficient (Wildman–Crippen LogP) is 0.856. The fourth-order valence-electron chi connectivity index (χ4n) is 2.43. The van der Waals surface area contributed by atoms with Gasteiger partial charge in [0.05, 0.1) is 23.5 Å². The van der Waals surface area contributed by atoms with Gasteiger partial charge >= 0.3 is 0 Å². The van der Waals surface area contributed by atoms with E-state index in [1.807, 2.05) is 0 Å². The topological polar surface area (TPSA) is 90.0 Å². The summed E-state index contributed by atoms with van der Waals surface area (Å²) in [5.74, 6) is -0.905. The summed E-state index contributed by atoms with van der Waals surface area (Å²) in [6, 6.07) is 2.46. The average molecular weight is 351 g/mol. The molecule has 1 saturated heterocycles. The first-order valence-corrected chi connectivity index (χ1v) is 6.45. The fraction of sp³-hybridized carbons (Fsp3) is 0.385. The van der Waals surface area contributed by atoms with Crippen LogP contribution < -0.4 is 10.6 Å². The number of carbonyl (C=O) groups excluding carboxylic acids is 1. The molecule has 2 heterocycles. The molecule has 3 rings (SSSR count). The molecule has 0 spiro atoms. The molecule has 1 aliphatic rings. The third-order valence-electron chi connectivity index (χ3n) is 3.56. The van der Waals surface area contributed by atoms with E-state index in [1.165, 1.54) is 18.5 Å². The zero-order valence-corrected chi connectivity index (χ0v) is 13.1. The number of aliphatic hydroxyl groups excluding tert-OH is 1. The molecule has 122 valence electrons. The SMILES string of the molecule is Cl.Cl.O=C(NCC1CNCC1O)c1cc(F)cc2[nH]cnc12. The highest BCUT2D eigenvalue weighted by molar-refractivity contribution is 6.04. The van der Waals surface area contributed by atoms with Crippen molar-refractivity contribution >= 4 is 41.8 Å². The molecule has 1 aliphatic heterocycles. The Balaban J connectivity index is 0.00000121. The Bertz CT molecular complexity index is 652. The lowest BCUT2D eigenvalue weighted by Crippen LogP contribution is -2.34. The van der Waals surface area contributed by atoms with E-state index in [0.29, 0.717) is 30.7 Å². The minimum atomic E-state index is -0.491. The Hall–Kier alpha value is -1.41. The molecule has 6 nitrogen and oxygen atoms in total. The molecule has 2 unspecified atom stereocenters. The first-order valence-electron chi connectivity index (χ1n) is 6.45. The van der Waals surface area contributed by atoms with Gasteiger partial charge in [-0.05, 0) is 12.1 Å². The smallest absolute Gasteiger partial charge is 0.253 e. The van der Waals surface area contributed by atoms with Crippen LogP contribution in [0.4, 0.5) is 4.39 Å². The number of aromatic nitrogens is 2. The maximum atomic E-state index is 13.5. The van der Waals surface area contributed by atoms with Gasteiger partial charge in [0.25, 0.3) is 5.91 Å². The van der Waals surface area contributed by atoms with Gasteiger partial charge in [0.15, 0.2) is 0 Å². The van der Waals surface area contributed by atoms with Gasteiger partial charge in [-0.15, -0.1) is 24.8 Å². The van der Waals surface area contributed by atoms with E-state index in [9.17, 15) is 14.3 Å². The van der Waals surface area contributed by atoms with Gasteiger partial charge in [-0.1, -0.05) is 0 Å². The number of nitrogens with zero attached hydrogens (tertiary/aromatic N) is 1. The zero-order valence-electron chi connectivity index (χ0n) is 11.5. The first kappa shape index (κ1) is 18.6. The van der Waals surface area contributed by atoms with E-state index >= 15 is 0 Å². The summed E-state index contributed by atoms with van der Waals surface area (Å²) in [5.41, 5.74) is 1.12. The summed E-state index contributed by atoms with van der Waals surface area (Å²) in [6.45, 7) is 1.53. The minimum absolute atomic E-state index is 0. The van der Waals surface area contributed by atoms with Crippen LogP contribution in [0.3, 0.4) is 0 Å². The van der Waals surface area contributed by atoms with Gasteiger partial charge < -0.3 is 20.7 Å². The maximum Gasteiger partial charge on any atom is 0.253 e. The molecule has 0 bridgehead atoms. The molecule has 1 fully saturated rings. The third-order valence-corrected chi connectivity index (χ3v) is 3.56. The first-order chi connectivity index (χ1) is 9.65. The lowest BCUT2D eigenvalue weighted by molar-refractivity contribution is 0.0928. The van der Waals surface area contributed by atoms with Crippen LogP contribution in [-0.2, 0) is 0 Å². The summed E-state index contributed by atoms with van der Waals surface area (Å²) < 4.78 is 13.5. The van der Waals surface area contributed by atoms with E-state index in [0.717, 1.165) is 0 Å². The van der Waals surface area contributed by atoms with Crippen molar-refractivity contribution < 1.29 is 14.3 Å². The summed E-state index contributed by atoms with van der Waals surface area (Å²) in [5, 5.41) is 15.4. The van der Waals surface area contributed by atoms with Crippen molar-refractivity contribution in [3.8, 4) is 0 Å². The van der Waals surface area contributed by atoms with Gasteiger partial charge in [-0.3, -0.25) is 4.79 Å². The Morgan fingerprint density at radius 1 is 1.41 bits per heavy atom. The average Bonchev–Trinajstić information content (AvgIpc) is 3.03. The Morgan fingerprint density at radius 2 is 2.18 bits per heavy atom. The Morgan fingerprint density at radius 3 is 2.86 bits per heavy atom. The molecule has 22 heavy (non-hydrogen) atoms. The quantitative estimate of drug-likeness (QED) is 0.660. The second-order valence-electron chi connectivity index (χ2n) is 4.95. The molecule has 0 aliphatic carbocycles. The lowest BCUT2D eigenvalue weighted by atomic mass is 10.1. The molecular formula is C13H17Cl2FN4O2. The molecule has 2 aromatic rings. The van der Waals surface area contributed by atoms with Crippen LogP contribution in [0.15, 0.2) is 18.5 Å². The molecule has 1 aromatic heterocycles. The standard InChI is InChI=1S/C13H15FN4O2.2ClH/c14-8-1-9(12-10(2-8)17-6-18-12)13(20)16-4-7-3-15-5-11(7)19;;/h1-2,6-7,11,15,19H,3-5H2,(H,16,20)(H,17,18);2*1H. The van der Waals surface area contributed by atoms with Crippen LogP contribution in [0.25, 0.3) is 11.0 Å². The number of fused-ring (bicyclic) bond motifs is 1. The third kappa shape index (κ3) is 3.67. The number of carbonyl (C=O) groups is 1. The number of imidazole rings is 1. The van der Waals surface area contributed by atoms with Crippen LogP contribution in [-0.4, -0.2) is 46.7 Å². The second-order valence-corrected chi connectivity index (χ2v) is 4.95. The molecule has 2 atom stereocenters. The molecule has 4 N–H and O–H groups in total. The number of aliphatic hydroxyl groups is 1. The Kier molecular flexibility index (Phi) is 6.55. The summed E-state index contributed by atoms with van der Waals surface area (Å²) in [4.78, 5) is 18.9. The molecule has 0 radical (unpaired) electrons. The number of H-pyrrole nitrogens is 1. The van der Waals surface area contributed by atoms with Crippen molar-refractivity contribution in [1.82, 2.24) is 20.6 Å². The lowest BCUT2D eigenvalue weighted by Gasteiger charge is -2.14. The van der Waals surface area contributed by atoms with Gasteiger partial charge in [0, 0.05) is 25.6 Å². The van der Waals surface area contributed by atoms with Gasteiger partial charge in [-0.2, -0.15) is 0 Å². The van der Waals surface area contributed by atoms with Crippen LogP contribution in [0.1, 0.15) is 10.4 Å². The highest BCUT2D eigenvalue weighted by atomic mass is 35.5. The number of amides is 1. The molecule has 0 saturated carbocycles. The minimum Gasteiger partial charge on any atom is -0.391 e. The van der Waals surface area contributed by atoms with Crippen LogP contribution in [0.5, 0.6) is 0 Å². The number of β-amino-alcohol motifs (C(OH)–C–C–N with tert-alkyl or cyclic N) is 1. The van der Waals surface area contributed by atoms with Crippen molar-refractivity contribution in [2.45, 2.75) is 6.10 Å². The van der Waals surface area contributed by atoms with E-state index in [-0.39, 0.29) is 42.2 Å². The molecule has 1 aromatic carbocycles. The number of aromatic amines is 1. The Labute approximate surface area is 138 Å². The predicted molar refractivity (Wildman–Crippen MR) is 85.2 cm³/mol. The van der Waals surface area contributed by atoms with Crippen molar-refractivity contribution in [1.29, 1.82) is 0 Å². The largest absolute Gasteiger partial charge is 0.391 e. The van der Waals surface area contributed by atoms with Gasteiger partial charge in [0.1, 0.15) is 11.3 Å². The summed E-state index contributed by atoms with van der Waals surface area (Å²) in [7, 11) is 0. The zero-order chi connectivity index (χ0) is 14.1. The molecular weight excluding hydrogens is 334 g/mol.